The van der Waals surface area contributed by atoms with Crippen LogP contribution in [0.1, 0.15) is 16.7 Å². The van der Waals surface area contributed by atoms with Gasteiger partial charge in [0.15, 0.2) is 11.6 Å². The van der Waals surface area contributed by atoms with Crippen LogP contribution < -0.4 is 15.0 Å². The summed E-state index contributed by atoms with van der Waals surface area (Å²) in [5.74, 6) is -0.202. The molecule has 1 aromatic heterocycles. The van der Waals surface area contributed by atoms with Crippen LogP contribution in [0.4, 0.5) is 18.9 Å². The van der Waals surface area contributed by atoms with E-state index >= 15 is 0 Å². The molecule has 4 aromatic carbocycles. The van der Waals surface area contributed by atoms with E-state index in [2.05, 4.69) is 10.1 Å². The van der Waals surface area contributed by atoms with E-state index in [4.69, 9.17) is 9.47 Å². The Labute approximate surface area is 236 Å². The molecule has 0 bridgehead atoms. The molecule has 0 aliphatic rings. The van der Waals surface area contributed by atoms with Crippen molar-refractivity contribution in [2.45, 2.75) is 12.8 Å². The minimum absolute atomic E-state index is 0.00181. The zero-order valence-electron chi connectivity index (χ0n) is 21.9. The van der Waals surface area contributed by atoms with E-state index in [9.17, 15) is 28.1 Å². The van der Waals surface area contributed by atoms with Gasteiger partial charge in [0.1, 0.15) is 6.61 Å². The lowest BCUT2D eigenvalue weighted by molar-refractivity contribution is -0.386. The molecule has 0 radical (unpaired) electrons. The molecule has 0 spiro atoms. The van der Waals surface area contributed by atoms with Gasteiger partial charge >= 0.3 is 11.9 Å². The molecular formula is C30H21F3N4O5. The van der Waals surface area contributed by atoms with Gasteiger partial charge in [0.05, 0.1) is 34.7 Å². The van der Waals surface area contributed by atoms with Crippen molar-refractivity contribution < 1.29 is 27.6 Å². The Kier molecular flexibility index (Phi) is 7.69. The van der Waals surface area contributed by atoms with Crippen LogP contribution in [0.15, 0.2) is 101 Å². The molecule has 0 N–H and O–H groups in total. The van der Waals surface area contributed by atoms with Crippen LogP contribution >= 0.6 is 0 Å². The van der Waals surface area contributed by atoms with Gasteiger partial charge in [-0.2, -0.15) is 22.9 Å². The fourth-order valence-electron chi connectivity index (χ4n) is 4.22. The quantitative estimate of drug-likeness (QED) is 0.120. The van der Waals surface area contributed by atoms with Crippen molar-refractivity contribution >= 4 is 22.8 Å². The average Bonchev–Trinajstić information content (AvgIpc) is 2.99. The fourth-order valence-corrected chi connectivity index (χ4v) is 4.22. The van der Waals surface area contributed by atoms with E-state index in [0.29, 0.717) is 0 Å². The number of halogens is 3. The highest BCUT2D eigenvalue weighted by molar-refractivity contribution is 5.84. The van der Waals surface area contributed by atoms with Gasteiger partial charge in [-0.3, -0.25) is 14.9 Å². The van der Waals surface area contributed by atoms with Crippen molar-refractivity contribution in [1.82, 2.24) is 9.66 Å². The second-order valence-electron chi connectivity index (χ2n) is 9.00. The van der Waals surface area contributed by atoms with Gasteiger partial charge in [0.25, 0.3) is 5.56 Å². The number of rotatable bonds is 8. The Morgan fingerprint density at radius 1 is 1.00 bits per heavy atom. The van der Waals surface area contributed by atoms with Crippen molar-refractivity contribution in [1.29, 1.82) is 0 Å². The molecule has 9 nitrogen and oxygen atoms in total. The summed E-state index contributed by atoms with van der Waals surface area (Å²) in [5, 5.41) is 16.3. The monoisotopic (exact) mass is 574 g/mol. The molecule has 0 unspecified atom stereocenters. The standard InChI is InChI=1S/C30H21F3N4O5/c1-41-26-15-20(14-25(37(39)40)27(26)42-18-19-8-3-2-4-9-19)17-34-36-28(21-10-7-11-22(16-21)30(31,32)33)35-24-13-6-5-12-23(24)29(36)38/h2-17H,18H2,1H3. The predicted octanol–water partition coefficient (Wildman–Crippen LogP) is 6.46. The first-order valence-electron chi connectivity index (χ1n) is 12.4. The minimum Gasteiger partial charge on any atom is -0.493 e. The first kappa shape index (κ1) is 28.0. The van der Waals surface area contributed by atoms with Crippen LogP contribution in [0.5, 0.6) is 11.5 Å². The van der Waals surface area contributed by atoms with Crippen LogP contribution in [-0.4, -0.2) is 27.9 Å². The molecular weight excluding hydrogens is 553 g/mol. The lowest BCUT2D eigenvalue weighted by Crippen LogP contribution is -2.20. The molecule has 42 heavy (non-hydrogen) atoms. The molecule has 0 fully saturated rings. The first-order chi connectivity index (χ1) is 20.2. The molecule has 1 heterocycles. The third kappa shape index (κ3) is 5.82. The molecule has 5 aromatic rings. The molecule has 12 heteroatoms. The lowest BCUT2D eigenvalue weighted by atomic mass is 10.1. The van der Waals surface area contributed by atoms with Gasteiger partial charge in [-0.25, -0.2) is 4.98 Å². The number of alkyl halides is 3. The van der Waals surface area contributed by atoms with Crippen LogP contribution in [0.3, 0.4) is 0 Å². The van der Waals surface area contributed by atoms with Crippen molar-refractivity contribution in [2.24, 2.45) is 5.10 Å². The molecule has 0 saturated heterocycles. The van der Waals surface area contributed by atoms with Crippen molar-refractivity contribution in [2.75, 3.05) is 7.11 Å². The molecule has 212 valence electrons. The highest BCUT2D eigenvalue weighted by atomic mass is 19.4. The lowest BCUT2D eigenvalue weighted by Gasteiger charge is -2.13. The minimum atomic E-state index is -4.62. The van der Waals surface area contributed by atoms with Gasteiger partial charge in [0, 0.05) is 17.2 Å². The van der Waals surface area contributed by atoms with Crippen LogP contribution in [0.2, 0.25) is 0 Å². The Morgan fingerprint density at radius 3 is 2.45 bits per heavy atom. The zero-order valence-corrected chi connectivity index (χ0v) is 21.9. The van der Waals surface area contributed by atoms with E-state index in [-0.39, 0.29) is 46.0 Å². The molecule has 5 rings (SSSR count). The van der Waals surface area contributed by atoms with Crippen molar-refractivity contribution in [3.05, 3.63) is 128 Å². The number of benzene rings is 4. The second-order valence-corrected chi connectivity index (χ2v) is 9.00. The van der Waals surface area contributed by atoms with E-state index in [1.807, 2.05) is 6.07 Å². The number of hydrogen-bond donors (Lipinski definition) is 0. The largest absolute Gasteiger partial charge is 0.493 e. The first-order valence-corrected chi connectivity index (χ1v) is 12.4. The summed E-state index contributed by atoms with van der Waals surface area (Å²) < 4.78 is 52.3. The summed E-state index contributed by atoms with van der Waals surface area (Å²) in [6, 6.07) is 22.4. The Bertz CT molecular complexity index is 1870. The maximum absolute atomic E-state index is 13.4. The Morgan fingerprint density at radius 2 is 1.74 bits per heavy atom. The highest BCUT2D eigenvalue weighted by Crippen LogP contribution is 2.38. The van der Waals surface area contributed by atoms with E-state index in [1.54, 1.807) is 42.5 Å². The number of nitro benzene ring substituents is 1. The third-order valence-corrected chi connectivity index (χ3v) is 6.22. The predicted molar refractivity (Wildman–Crippen MR) is 150 cm³/mol. The molecule has 0 saturated carbocycles. The normalized spacial score (nSPS) is 11.6. The summed E-state index contributed by atoms with van der Waals surface area (Å²) >= 11 is 0. The number of ether oxygens (including phenoxy) is 2. The number of nitro groups is 1. The van der Waals surface area contributed by atoms with Crippen LogP contribution in [0, 0.1) is 10.1 Å². The van der Waals surface area contributed by atoms with Crippen molar-refractivity contribution in [3.8, 4) is 22.9 Å². The molecule has 0 aliphatic heterocycles. The second kappa shape index (κ2) is 11.5. The number of nitrogens with zero attached hydrogens (tertiary/aromatic N) is 4. The van der Waals surface area contributed by atoms with Crippen LogP contribution in [-0.2, 0) is 12.8 Å². The van der Waals surface area contributed by atoms with Gasteiger partial charge in [0.2, 0.25) is 5.75 Å². The van der Waals surface area contributed by atoms with Crippen LogP contribution in [0.25, 0.3) is 22.3 Å². The van der Waals surface area contributed by atoms with Gasteiger partial charge in [-0.05, 0) is 35.9 Å². The maximum atomic E-state index is 13.4. The topological polar surface area (TPSA) is 109 Å². The fraction of sp³-hybridized carbons (Fsp3) is 0.100. The molecule has 0 amide bonds. The van der Waals surface area contributed by atoms with E-state index in [0.717, 1.165) is 28.6 Å². The van der Waals surface area contributed by atoms with Gasteiger partial charge in [-0.1, -0.05) is 54.6 Å². The van der Waals surface area contributed by atoms with Gasteiger partial charge in [-0.15, -0.1) is 0 Å². The number of hydrogen-bond acceptors (Lipinski definition) is 7. The molecule has 0 atom stereocenters. The van der Waals surface area contributed by atoms with Crippen molar-refractivity contribution in [3.63, 3.8) is 0 Å². The summed E-state index contributed by atoms with van der Waals surface area (Å²) in [7, 11) is 1.32. The zero-order chi connectivity index (χ0) is 29.9. The summed E-state index contributed by atoms with van der Waals surface area (Å²) in [4.78, 5) is 29.2. The maximum Gasteiger partial charge on any atom is 0.416 e. The summed E-state index contributed by atoms with van der Waals surface area (Å²) in [6.45, 7) is 0.0456. The number of fused-ring (bicyclic) bond motifs is 1. The number of aromatic nitrogens is 2. The number of para-hydroxylation sites is 1. The number of methoxy groups -OCH3 is 1. The summed E-state index contributed by atoms with van der Waals surface area (Å²) in [5.41, 5.74) is -0.770. The third-order valence-electron chi connectivity index (χ3n) is 6.22. The Hall–Kier alpha value is -5.52. The SMILES string of the molecule is COc1cc(C=Nn2c(-c3cccc(C(F)(F)F)c3)nc3ccccc3c2=O)cc([N+](=O)[O-])c1OCc1ccccc1. The van der Waals surface area contributed by atoms with E-state index < -0.39 is 27.9 Å². The summed E-state index contributed by atoms with van der Waals surface area (Å²) in [6.07, 6.45) is -3.47. The van der Waals surface area contributed by atoms with Gasteiger partial charge < -0.3 is 9.47 Å². The Balaban J connectivity index is 1.61. The smallest absolute Gasteiger partial charge is 0.416 e. The van der Waals surface area contributed by atoms with E-state index in [1.165, 1.54) is 37.4 Å². The molecule has 0 aliphatic carbocycles. The highest BCUT2D eigenvalue weighted by Gasteiger charge is 2.31. The average molecular weight is 575 g/mol.